The standard InChI is InChI=1S/C17H23F2N5O.HI/c1-12-4-5-13(10-14(12)25-3)6-7-22-17(20-2)23-11-15-21-8-9-24(15)16(18)19;/h4-5,8-10,16H,6-7,11H2,1-3H3,(H2,20,22,23);1H. The molecule has 0 fully saturated rings. The van der Waals surface area contributed by atoms with Crippen molar-refractivity contribution in [3.05, 3.63) is 47.5 Å². The second-order valence-electron chi connectivity index (χ2n) is 5.43. The fourth-order valence-electron chi connectivity index (χ4n) is 2.39. The summed E-state index contributed by atoms with van der Waals surface area (Å²) in [5.74, 6) is 1.64. The summed E-state index contributed by atoms with van der Waals surface area (Å²) in [5, 5.41) is 6.14. The van der Waals surface area contributed by atoms with Crippen molar-refractivity contribution in [2.75, 3.05) is 20.7 Å². The molecule has 0 bridgehead atoms. The van der Waals surface area contributed by atoms with Gasteiger partial charge in [0.15, 0.2) is 5.96 Å². The van der Waals surface area contributed by atoms with Gasteiger partial charge in [0.05, 0.1) is 13.7 Å². The molecule has 1 heterocycles. The van der Waals surface area contributed by atoms with E-state index in [0.717, 1.165) is 27.9 Å². The number of hydrogen-bond acceptors (Lipinski definition) is 3. The first kappa shape index (κ1) is 22.1. The van der Waals surface area contributed by atoms with E-state index in [9.17, 15) is 8.78 Å². The second kappa shape index (κ2) is 10.9. The smallest absolute Gasteiger partial charge is 0.319 e. The molecule has 0 unspecified atom stereocenters. The number of rotatable bonds is 7. The lowest BCUT2D eigenvalue weighted by molar-refractivity contribution is 0.0668. The molecule has 0 saturated carbocycles. The Morgan fingerprint density at radius 1 is 1.35 bits per heavy atom. The van der Waals surface area contributed by atoms with Crippen molar-refractivity contribution in [3.8, 4) is 5.75 Å². The molecule has 2 N–H and O–H groups in total. The molecule has 0 saturated heterocycles. The van der Waals surface area contributed by atoms with Crippen molar-refractivity contribution >= 4 is 29.9 Å². The molecule has 2 aromatic rings. The largest absolute Gasteiger partial charge is 0.496 e. The molecule has 0 spiro atoms. The summed E-state index contributed by atoms with van der Waals surface area (Å²) in [6.07, 6.45) is 3.38. The van der Waals surface area contributed by atoms with Gasteiger partial charge in [0.25, 0.3) is 0 Å². The van der Waals surface area contributed by atoms with Crippen LogP contribution in [0, 0.1) is 6.92 Å². The zero-order valence-corrected chi connectivity index (χ0v) is 17.3. The molecule has 0 atom stereocenters. The minimum atomic E-state index is -2.61. The Hall–Kier alpha value is -1.91. The Bertz CT molecular complexity index is 721. The van der Waals surface area contributed by atoms with E-state index in [1.54, 1.807) is 14.2 Å². The van der Waals surface area contributed by atoms with Gasteiger partial charge < -0.3 is 15.4 Å². The van der Waals surface area contributed by atoms with Crippen LogP contribution in [0.5, 0.6) is 5.75 Å². The van der Waals surface area contributed by atoms with Crippen molar-refractivity contribution in [1.82, 2.24) is 20.2 Å². The maximum Gasteiger partial charge on any atom is 0.319 e. The van der Waals surface area contributed by atoms with Crippen LogP contribution in [-0.2, 0) is 13.0 Å². The number of nitrogens with one attached hydrogen (secondary N) is 2. The predicted octanol–water partition coefficient (Wildman–Crippen LogP) is 3.12. The van der Waals surface area contributed by atoms with Crippen LogP contribution in [0.1, 0.15) is 23.5 Å². The molecule has 0 amide bonds. The fourth-order valence-corrected chi connectivity index (χ4v) is 2.39. The van der Waals surface area contributed by atoms with E-state index in [1.807, 2.05) is 19.1 Å². The Morgan fingerprint density at radius 2 is 2.12 bits per heavy atom. The molecule has 9 heteroatoms. The topological polar surface area (TPSA) is 63.5 Å². The minimum Gasteiger partial charge on any atom is -0.496 e. The van der Waals surface area contributed by atoms with Gasteiger partial charge in [-0.3, -0.25) is 9.56 Å². The van der Waals surface area contributed by atoms with Gasteiger partial charge in [0, 0.05) is 26.0 Å². The highest BCUT2D eigenvalue weighted by Crippen LogP contribution is 2.19. The number of guanidine groups is 1. The number of alkyl halides is 2. The van der Waals surface area contributed by atoms with Gasteiger partial charge in [-0.15, -0.1) is 24.0 Å². The van der Waals surface area contributed by atoms with E-state index in [-0.39, 0.29) is 36.3 Å². The van der Waals surface area contributed by atoms with Crippen LogP contribution in [0.15, 0.2) is 35.6 Å². The number of halogens is 3. The molecule has 2 rings (SSSR count). The van der Waals surface area contributed by atoms with Crippen LogP contribution < -0.4 is 15.4 Å². The molecular formula is C17H24F2IN5O. The SMILES string of the molecule is CN=C(NCCc1ccc(C)c(OC)c1)NCc1nccn1C(F)F.I. The highest BCUT2D eigenvalue weighted by Gasteiger charge is 2.11. The third-order valence-corrected chi connectivity index (χ3v) is 3.78. The zero-order valence-electron chi connectivity index (χ0n) is 15.0. The van der Waals surface area contributed by atoms with Gasteiger partial charge in [-0.05, 0) is 30.5 Å². The Labute approximate surface area is 169 Å². The van der Waals surface area contributed by atoms with Crippen LogP contribution in [0.25, 0.3) is 0 Å². The normalized spacial score (nSPS) is 11.2. The molecule has 0 aliphatic rings. The van der Waals surface area contributed by atoms with E-state index >= 15 is 0 Å². The van der Waals surface area contributed by atoms with Gasteiger partial charge in [0.2, 0.25) is 0 Å². The third-order valence-electron chi connectivity index (χ3n) is 3.78. The van der Waals surface area contributed by atoms with E-state index in [1.165, 1.54) is 12.4 Å². The molecule has 1 aromatic heterocycles. The van der Waals surface area contributed by atoms with Crippen LogP contribution in [0.4, 0.5) is 8.78 Å². The second-order valence-corrected chi connectivity index (χ2v) is 5.43. The number of methoxy groups -OCH3 is 1. The number of nitrogens with zero attached hydrogens (tertiary/aromatic N) is 3. The lowest BCUT2D eigenvalue weighted by atomic mass is 10.1. The molecule has 0 aliphatic carbocycles. The molecular weight excluding hydrogens is 455 g/mol. The number of ether oxygens (including phenoxy) is 1. The van der Waals surface area contributed by atoms with E-state index in [2.05, 4.69) is 26.7 Å². The predicted molar refractivity (Wildman–Crippen MR) is 109 cm³/mol. The zero-order chi connectivity index (χ0) is 18.2. The van der Waals surface area contributed by atoms with Crippen LogP contribution in [0.2, 0.25) is 0 Å². The number of aliphatic imine (C=N–C) groups is 1. The van der Waals surface area contributed by atoms with Gasteiger partial charge in [-0.2, -0.15) is 8.78 Å². The Balaban J connectivity index is 0.00000338. The summed E-state index contributed by atoms with van der Waals surface area (Å²) < 4.78 is 31.7. The molecule has 0 radical (unpaired) electrons. The van der Waals surface area contributed by atoms with Gasteiger partial charge >= 0.3 is 6.55 Å². The van der Waals surface area contributed by atoms with Crippen molar-refractivity contribution < 1.29 is 13.5 Å². The maximum absolute atomic E-state index is 12.8. The van der Waals surface area contributed by atoms with Crippen LogP contribution in [-0.4, -0.2) is 36.2 Å². The summed E-state index contributed by atoms with van der Waals surface area (Å²) in [7, 11) is 3.28. The van der Waals surface area contributed by atoms with Crippen molar-refractivity contribution in [2.45, 2.75) is 26.4 Å². The van der Waals surface area contributed by atoms with E-state index in [0.29, 0.717) is 12.5 Å². The van der Waals surface area contributed by atoms with Crippen molar-refractivity contribution in [1.29, 1.82) is 0 Å². The number of aryl methyl sites for hydroxylation is 1. The average molecular weight is 479 g/mol. The first-order valence-corrected chi connectivity index (χ1v) is 7.93. The van der Waals surface area contributed by atoms with E-state index in [4.69, 9.17) is 4.74 Å². The Kier molecular flexibility index (Phi) is 9.31. The van der Waals surface area contributed by atoms with Gasteiger partial charge in [-0.1, -0.05) is 12.1 Å². The number of imidazole rings is 1. The lowest BCUT2D eigenvalue weighted by Gasteiger charge is -2.13. The third kappa shape index (κ3) is 6.11. The van der Waals surface area contributed by atoms with Crippen LogP contribution in [0.3, 0.4) is 0 Å². The summed E-state index contributed by atoms with van der Waals surface area (Å²) in [4.78, 5) is 8.01. The number of hydrogen-bond donors (Lipinski definition) is 2. The molecule has 144 valence electrons. The van der Waals surface area contributed by atoms with E-state index < -0.39 is 6.55 Å². The summed E-state index contributed by atoms with van der Waals surface area (Å²) in [5.41, 5.74) is 2.23. The fraction of sp³-hybridized carbons (Fsp3) is 0.412. The monoisotopic (exact) mass is 479 g/mol. The maximum atomic E-state index is 12.8. The van der Waals surface area contributed by atoms with Crippen LogP contribution >= 0.6 is 24.0 Å². The summed E-state index contributed by atoms with van der Waals surface area (Å²) in [6, 6.07) is 6.08. The van der Waals surface area contributed by atoms with Crippen molar-refractivity contribution in [3.63, 3.8) is 0 Å². The molecule has 0 aliphatic heterocycles. The quantitative estimate of drug-likeness (QED) is 0.364. The minimum absolute atomic E-state index is 0. The highest BCUT2D eigenvalue weighted by atomic mass is 127. The molecule has 6 nitrogen and oxygen atoms in total. The first-order chi connectivity index (χ1) is 12.0. The number of aromatic nitrogens is 2. The highest BCUT2D eigenvalue weighted by molar-refractivity contribution is 14.0. The average Bonchev–Trinajstić information content (AvgIpc) is 3.08. The Morgan fingerprint density at radius 3 is 2.77 bits per heavy atom. The molecule has 1 aromatic carbocycles. The first-order valence-electron chi connectivity index (χ1n) is 7.93. The lowest BCUT2D eigenvalue weighted by Crippen LogP contribution is -2.38. The van der Waals surface area contributed by atoms with Gasteiger partial charge in [-0.25, -0.2) is 4.98 Å². The van der Waals surface area contributed by atoms with Crippen molar-refractivity contribution in [2.24, 2.45) is 4.99 Å². The molecule has 26 heavy (non-hydrogen) atoms. The summed E-state index contributed by atoms with van der Waals surface area (Å²) in [6.45, 7) is 0.200. The summed E-state index contributed by atoms with van der Waals surface area (Å²) >= 11 is 0. The number of benzene rings is 1. The van der Waals surface area contributed by atoms with Gasteiger partial charge in [0.1, 0.15) is 11.6 Å².